The van der Waals surface area contributed by atoms with Crippen LogP contribution in [0.4, 0.5) is 8.78 Å². The van der Waals surface area contributed by atoms with Gasteiger partial charge in [0, 0.05) is 18.0 Å². The summed E-state index contributed by atoms with van der Waals surface area (Å²) in [7, 11) is 3.73. The summed E-state index contributed by atoms with van der Waals surface area (Å²) in [4.78, 5) is 28.3. The van der Waals surface area contributed by atoms with Crippen LogP contribution in [-0.2, 0) is 14.3 Å². The molecule has 0 unspecified atom stereocenters. The quantitative estimate of drug-likeness (QED) is 0.506. The number of benzene rings is 1. The van der Waals surface area contributed by atoms with E-state index >= 15 is 0 Å². The molecule has 0 aliphatic rings. The van der Waals surface area contributed by atoms with E-state index in [0.717, 1.165) is 23.9 Å². The van der Waals surface area contributed by atoms with Gasteiger partial charge in [0.05, 0.1) is 5.75 Å². The lowest BCUT2D eigenvalue weighted by Crippen LogP contribution is -2.42. The zero-order chi connectivity index (χ0) is 19.9. The summed E-state index contributed by atoms with van der Waals surface area (Å²) < 4.78 is 31.5. The minimum Gasteiger partial charge on any atom is -0.459 e. The van der Waals surface area contributed by atoms with Gasteiger partial charge >= 0.3 is 5.97 Å². The number of likely N-dealkylation sites (N-methyl/N-ethyl adjacent to an activating group) is 1. The van der Waals surface area contributed by atoms with Gasteiger partial charge in [-0.1, -0.05) is 0 Å². The van der Waals surface area contributed by atoms with Gasteiger partial charge < -0.3 is 14.5 Å². The maximum Gasteiger partial charge on any atom is 0.326 e. The van der Waals surface area contributed by atoms with Crippen LogP contribution in [0.5, 0.6) is 0 Å². The molecule has 26 heavy (non-hydrogen) atoms. The van der Waals surface area contributed by atoms with Gasteiger partial charge in [0.15, 0.2) is 11.6 Å². The fraction of sp³-hybridized carbons (Fsp3) is 0.556. The number of hydrogen-bond acceptors (Lipinski definition) is 5. The van der Waals surface area contributed by atoms with Crippen molar-refractivity contribution < 1.29 is 23.1 Å². The first-order valence-electron chi connectivity index (χ1n) is 8.20. The molecule has 146 valence electrons. The Balaban J connectivity index is 2.70. The minimum atomic E-state index is -0.958. The number of rotatable bonds is 8. The van der Waals surface area contributed by atoms with E-state index < -0.39 is 23.2 Å². The molecule has 8 heteroatoms. The van der Waals surface area contributed by atoms with E-state index in [1.54, 1.807) is 20.8 Å². The standard InChI is InChI=1S/C18H26F2N2O3S/c1-18(2,3)25-17(24)11-22(9-8-21(4)5)16(23)12-26-13-6-7-14(19)15(20)10-13/h6-7,10H,8-9,11-12H2,1-5H3. The number of halogens is 2. The highest BCUT2D eigenvalue weighted by Crippen LogP contribution is 2.21. The Morgan fingerprint density at radius 3 is 2.31 bits per heavy atom. The van der Waals surface area contributed by atoms with Gasteiger partial charge in [-0.3, -0.25) is 9.59 Å². The molecule has 0 bridgehead atoms. The Kier molecular flexibility index (Phi) is 8.49. The number of carbonyl (C=O) groups excluding carboxylic acids is 2. The van der Waals surface area contributed by atoms with E-state index in [9.17, 15) is 18.4 Å². The highest BCUT2D eigenvalue weighted by atomic mass is 32.2. The molecule has 0 spiro atoms. The smallest absolute Gasteiger partial charge is 0.326 e. The van der Waals surface area contributed by atoms with E-state index in [2.05, 4.69) is 0 Å². The molecule has 0 heterocycles. The molecule has 0 atom stereocenters. The molecule has 0 N–H and O–H groups in total. The molecule has 0 saturated carbocycles. The largest absolute Gasteiger partial charge is 0.459 e. The van der Waals surface area contributed by atoms with Crippen molar-refractivity contribution in [1.29, 1.82) is 0 Å². The van der Waals surface area contributed by atoms with Crippen LogP contribution >= 0.6 is 11.8 Å². The lowest BCUT2D eigenvalue weighted by Gasteiger charge is -2.26. The molecule has 0 aromatic heterocycles. The van der Waals surface area contributed by atoms with Crippen LogP contribution in [0.2, 0.25) is 0 Å². The Bertz CT molecular complexity index is 633. The Morgan fingerprint density at radius 2 is 1.77 bits per heavy atom. The summed E-state index contributed by atoms with van der Waals surface area (Å²) >= 11 is 1.09. The van der Waals surface area contributed by atoms with Crippen LogP contribution in [0.25, 0.3) is 0 Å². The molecule has 0 saturated heterocycles. The predicted molar refractivity (Wildman–Crippen MR) is 98.1 cm³/mol. The predicted octanol–water partition coefficient (Wildman–Crippen LogP) is 2.79. The number of carbonyl (C=O) groups is 2. The van der Waals surface area contributed by atoms with Gasteiger partial charge in [-0.15, -0.1) is 11.8 Å². The molecule has 0 fully saturated rings. The summed E-state index contributed by atoms with van der Waals surface area (Å²) in [6.45, 7) is 6.08. The molecule has 1 aromatic carbocycles. The fourth-order valence-corrected chi connectivity index (χ4v) is 2.77. The Labute approximate surface area is 157 Å². The number of ether oxygens (including phenoxy) is 1. The summed E-state index contributed by atoms with van der Waals surface area (Å²) in [5.74, 6) is -2.63. The van der Waals surface area contributed by atoms with Gasteiger partial charge in [0.1, 0.15) is 12.1 Å². The van der Waals surface area contributed by atoms with E-state index in [1.807, 2.05) is 19.0 Å². The molecule has 0 aliphatic heterocycles. The van der Waals surface area contributed by atoms with Crippen molar-refractivity contribution in [1.82, 2.24) is 9.80 Å². The normalized spacial score (nSPS) is 11.5. The lowest BCUT2D eigenvalue weighted by molar-refractivity contribution is -0.158. The highest BCUT2D eigenvalue weighted by molar-refractivity contribution is 8.00. The van der Waals surface area contributed by atoms with Crippen molar-refractivity contribution in [2.45, 2.75) is 31.3 Å². The molecule has 1 rings (SSSR count). The number of esters is 1. The SMILES string of the molecule is CN(C)CCN(CC(=O)OC(C)(C)C)C(=O)CSc1ccc(F)c(F)c1. The average Bonchev–Trinajstić information content (AvgIpc) is 2.50. The van der Waals surface area contributed by atoms with E-state index in [-0.39, 0.29) is 18.2 Å². The van der Waals surface area contributed by atoms with Gasteiger partial charge in [0.25, 0.3) is 0 Å². The summed E-state index contributed by atoms with van der Waals surface area (Å²) in [6, 6.07) is 3.48. The van der Waals surface area contributed by atoms with Crippen LogP contribution in [0.3, 0.4) is 0 Å². The molecule has 0 radical (unpaired) electrons. The van der Waals surface area contributed by atoms with Gasteiger partial charge in [-0.05, 0) is 53.1 Å². The molecule has 1 aromatic rings. The van der Waals surface area contributed by atoms with Crippen molar-refractivity contribution in [2.24, 2.45) is 0 Å². The zero-order valence-corrected chi connectivity index (χ0v) is 16.7. The van der Waals surface area contributed by atoms with Crippen molar-refractivity contribution in [3.63, 3.8) is 0 Å². The van der Waals surface area contributed by atoms with E-state index in [1.165, 1.54) is 11.0 Å². The molecule has 0 aliphatic carbocycles. The summed E-state index contributed by atoms with van der Waals surface area (Å²) in [5, 5.41) is 0. The second-order valence-electron chi connectivity index (χ2n) is 7.07. The number of amides is 1. The zero-order valence-electron chi connectivity index (χ0n) is 15.8. The van der Waals surface area contributed by atoms with E-state index in [0.29, 0.717) is 18.0 Å². The molecular formula is C18H26F2N2O3S. The summed E-state index contributed by atoms with van der Waals surface area (Å²) in [5.41, 5.74) is -0.631. The Morgan fingerprint density at radius 1 is 1.12 bits per heavy atom. The third-order valence-corrected chi connectivity index (χ3v) is 4.14. The van der Waals surface area contributed by atoms with Crippen LogP contribution in [-0.4, -0.2) is 66.8 Å². The second kappa shape index (κ2) is 9.87. The van der Waals surface area contributed by atoms with Crippen LogP contribution < -0.4 is 0 Å². The number of nitrogens with zero attached hydrogens (tertiary/aromatic N) is 2. The first-order chi connectivity index (χ1) is 12.0. The van der Waals surface area contributed by atoms with Gasteiger partial charge in [-0.25, -0.2) is 8.78 Å². The fourth-order valence-electron chi connectivity index (χ4n) is 1.95. The van der Waals surface area contributed by atoms with Crippen molar-refractivity contribution in [3.8, 4) is 0 Å². The Hall–Kier alpha value is -1.67. The van der Waals surface area contributed by atoms with Crippen molar-refractivity contribution >= 4 is 23.6 Å². The highest BCUT2D eigenvalue weighted by Gasteiger charge is 2.22. The second-order valence-corrected chi connectivity index (χ2v) is 8.12. The van der Waals surface area contributed by atoms with Crippen molar-refractivity contribution in [2.75, 3.05) is 39.5 Å². The maximum absolute atomic E-state index is 13.3. The third kappa shape index (κ3) is 8.62. The molecule has 1 amide bonds. The maximum atomic E-state index is 13.3. The van der Waals surface area contributed by atoms with Crippen LogP contribution in [0.1, 0.15) is 20.8 Å². The van der Waals surface area contributed by atoms with Gasteiger partial charge in [-0.2, -0.15) is 0 Å². The first-order valence-corrected chi connectivity index (χ1v) is 9.18. The summed E-state index contributed by atoms with van der Waals surface area (Å²) in [6.07, 6.45) is 0. The molecule has 5 nitrogen and oxygen atoms in total. The molecular weight excluding hydrogens is 362 g/mol. The third-order valence-electron chi connectivity index (χ3n) is 3.16. The lowest BCUT2D eigenvalue weighted by atomic mass is 10.2. The topological polar surface area (TPSA) is 49.9 Å². The van der Waals surface area contributed by atoms with E-state index in [4.69, 9.17) is 4.74 Å². The van der Waals surface area contributed by atoms with Gasteiger partial charge in [0.2, 0.25) is 5.91 Å². The first kappa shape index (κ1) is 22.4. The minimum absolute atomic E-state index is 0.0152. The average molecular weight is 388 g/mol. The van der Waals surface area contributed by atoms with Crippen LogP contribution in [0, 0.1) is 11.6 Å². The number of hydrogen-bond donors (Lipinski definition) is 0. The van der Waals surface area contributed by atoms with Crippen molar-refractivity contribution in [3.05, 3.63) is 29.8 Å². The monoisotopic (exact) mass is 388 g/mol. The number of thioether (sulfide) groups is 1. The van der Waals surface area contributed by atoms with Crippen LogP contribution in [0.15, 0.2) is 23.1 Å².